The molecule has 2 amide bonds. The second kappa shape index (κ2) is 2.66. The van der Waals surface area contributed by atoms with Crippen molar-refractivity contribution >= 4 is 12.0 Å². The molecule has 0 radical (unpaired) electrons. The first-order valence-corrected chi connectivity index (χ1v) is 3.75. The van der Waals surface area contributed by atoms with Gasteiger partial charge in [-0.05, 0) is 13.8 Å². The molecule has 0 saturated carbocycles. The van der Waals surface area contributed by atoms with Gasteiger partial charge in [0.2, 0.25) is 0 Å². The molecule has 0 aromatic carbocycles. The van der Waals surface area contributed by atoms with Gasteiger partial charge in [-0.2, -0.15) is 0 Å². The van der Waals surface area contributed by atoms with Gasteiger partial charge in [-0.25, -0.2) is 9.59 Å². The molecule has 68 valence electrons. The molecule has 2 N–H and O–H groups in total. The summed E-state index contributed by atoms with van der Waals surface area (Å²) in [4.78, 5) is 23.1. The molecule has 0 atom stereocenters. The number of amides is 2. The summed E-state index contributed by atoms with van der Waals surface area (Å²) in [6, 6.07) is -0.303. The van der Waals surface area contributed by atoms with Gasteiger partial charge in [-0.15, -0.1) is 0 Å². The van der Waals surface area contributed by atoms with E-state index in [0.717, 1.165) is 0 Å². The fraction of sp³-hybridized carbons (Fsp3) is 0.714. The summed E-state index contributed by atoms with van der Waals surface area (Å²) >= 11 is 0. The van der Waals surface area contributed by atoms with Gasteiger partial charge in [0, 0.05) is 13.1 Å². The van der Waals surface area contributed by atoms with E-state index in [0.29, 0.717) is 13.1 Å². The largest absolute Gasteiger partial charge is 0.480 e. The van der Waals surface area contributed by atoms with E-state index in [1.807, 2.05) is 0 Å². The van der Waals surface area contributed by atoms with Gasteiger partial charge >= 0.3 is 12.0 Å². The molecule has 0 aromatic rings. The third kappa shape index (κ3) is 1.22. The van der Waals surface area contributed by atoms with Crippen LogP contribution in [0.4, 0.5) is 4.79 Å². The number of carboxylic acids is 1. The minimum atomic E-state index is -1.11. The van der Waals surface area contributed by atoms with E-state index in [4.69, 9.17) is 5.11 Å². The molecule has 0 bridgehead atoms. The lowest BCUT2D eigenvalue weighted by molar-refractivity contribution is -0.147. The van der Waals surface area contributed by atoms with Crippen LogP contribution in [0.2, 0.25) is 0 Å². The van der Waals surface area contributed by atoms with Crippen molar-refractivity contribution in [3.05, 3.63) is 0 Å². The average Bonchev–Trinajstić information content (AvgIpc) is 2.35. The highest BCUT2D eigenvalue weighted by molar-refractivity contribution is 5.86. The molecule has 1 heterocycles. The van der Waals surface area contributed by atoms with Crippen molar-refractivity contribution in [2.75, 3.05) is 13.1 Å². The molecule has 0 spiro atoms. The van der Waals surface area contributed by atoms with Crippen molar-refractivity contribution in [2.45, 2.75) is 19.4 Å². The molecule has 1 rings (SSSR count). The van der Waals surface area contributed by atoms with E-state index in [1.54, 1.807) is 0 Å². The quantitative estimate of drug-likeness (QED) is 0.609. The lowest BCUT2D eigenvalue weighted by atomic mass is 10.0. The molecule has 12 heavy (non-hydrogen) atoms. The molecule has 0 aliphatic carbocycles. The van der Waals surface area contributed by atoms with Gasteiger partial charge in [-0.3, -0.25) is 0 Å². The van der Waals surface area contributed by atoms with Gasteiger partial charge in [0.15, 0.2) is 0 Å². The van der Waals surface area contributed by atoms with Gasteiger partial charge in [0.1, 0.15) is 5.54 Å². The predicted octanol–water partition coefficient (Wildman–Crippen LogP) is -0.125. The van der Waals surface area contributed by atoms with Crippen molar-refractivity contribution in [3.63, 3.8) is 0 Å². The Morgan fingerprint density at radius 1 is 1.67 bits per heavy atom. The Bertz CT molecular complexity index is 225. The first kappa shape index (κ1) is 8.83. The molecular formula is C7H12N2O3. The maximum absolute atomic E-state index is 11.1. The normalized spacial score (nSPS) is 17.8. The summed E-state index contributed by atoms with van der Waals surface area (Å²) in [5.74, 6) is -0.987. The highest BCUT2D eigenvalue weighted by Crippen LogP contribution is 2.16. The number of carboxylic acid groups (broad SMARTS) is 1. The Labute approximate surface area is 70.4 Å². The van der Waals surface area contributed by atoms with Crippen LogP contribution in [-0.4, -0.2) is 40.6 Å². The Kier molecular flexibility index (Phi) is 1.95. The van der Waals surface area contributed by atoms with Gasteiger partial charge in [-0.1, -0.05) is 0 Å². The summed E-state index contributed by atoms with van der Waals surface area (Å²) in [5.41, 5.74) is -1.11. The summed E-state index contributed by atoms with van der Waals surface area (Å²) in [5, 5.41) is 11.4. The standard InChI is InChI=1S/C7H12N2O3/c1-7(2,5(10)11)9-4-3-8-6(9)12/h3-4H2,1-2H3,(H,8,12)(H,10,11). The minimum absolute atomic E-state index is 0.303. The molecule has 1 saturated heterocycles. The van der Waals surface area contributed by atoms with Crippen LogP contribution in [0.25, 0.3) is 0 Å². The number of nitrogens with one attached hydrogen (secondary N) is 1. The Morgan fingerprint density at radius 3 is 2.58 bits per heavy atom. The fourth-order valence-electron chi connectivity index (χ4n) is 1.12. The number of nitrogens with zero attached hydrogens (tertiary/aromatic N) is 1. The number of hydrogen-bond acceptors (Lipinski definition) is 2. The van der Waals surface area contributed by atoms with E-state index in [2.05, 4.69) is 5.32 Å². The molecular weight excluding hydrogens is 160 g/mol. The second-order valence-corrected chi connectivity index (χ2v) is 3.25. The van der Waals surface area contributed by atoms with E-state index >= 15 is 0 Å². The van der Waals surface area contributed by atoms with Gasteiger partial charge < -0.3 is 15.3 Å². The van der Waals surface area contributed by atoms with Gasteiger partial charge in [0.05, 0.1) is 0 Å². The summed E-state index contributed by atoms with van der Waals surface area (Å²) in [7, 11) is 0. The molecule has 0 aromatic heterocycles. The zero-order valence-electron chi connectivity index (χ0n) is 7.13. The topological polar surface area (TPSA) is 69.6 Å². The minimum Gasteiger partial charge on any atom is -0.480 e. The Hall–Kier alpha value is -1.26. The third-order valence-electron chi connectivity index (χ3n) is 2.05. The monoisotopic (exact) mass is 172 g/mol. The fourth-order valence-corrected chi connectivity index (χ4v) is 1.12. The number of aliphatic carboxylic acids is 1. The van der Waals surface area contributed by atoms with Crippen molar-refractivity contribution in [2.24, 2.45) is 0 Å². The zero-order chi connectivity index (χ0) is 9.35. The number of carbonyl (C=O) groups is 2. The summed E-state index contributed by atoms with van der Waals surface area (Å²) in [6.07, 6.45) is 0. The van der Waals surface area contributed by atoms with Crippen molar-refractivity contribution in [3.8, 4) is 0 Å². The first-order valence-electron chi connectivity index (χ1n) is 3.75. The van der Waals surface area contributed by atoms with Crippen LogP contribution in [0.3, 0.4) is 0 Å². The van der Waals surface area contributed by atoms with Crippen LogP contribution >= 0.6 is 0 Å². The van der Waals surface area contributed by atoms with E-state index < -0.39 is 11.5 Å². The van der Waals surface area contributed by atoms with E-state index in [-0.39, 0.29) is 6.03 Å². The maximum atomic E-state index is 11.1. The second-order valence-electron chi connectivity index (χ2n) is 3.25. The summed E-state index contributed by atoms with van der Waals surface area (Å²) in [6.45, 7) is 4.01. The highest BCUT2D eigenvalue weighted by Gasteiger charge is 2.39. The Morgan fingerprint density at radius 2 is 2.25 bits per heavy atom. The number of urea groups is 1. The van der Waals surface area contributed by atoms with Crippen LogP contribution in [0, 0.1) is 0 Å². The number of carbonyl (C=O) groups excluding carboxylic acids is 1. The van der Waals surface area contributed by atoms with Crippen molar-refractivity contribution in [1.82, 2.24) is 10.2 Å². The molecule has 1 aliphatic heterocycles. The van der Waals surface area contributed by atoms with E-state index in [1.165, 1.54) is 18.7 Å². The third-order valence-corrected chi connectivity index (χ3v) is 2.05. The van der Waals surface area contributed by atoms with Crippen LogP contribution in [0.1, 0.15) is 13.8 Å². The van der Waals surface area contributed by atoms with Crippen LogP contribution in [0.5, 0.6) is 0 Å². The Balaban J connectivity index is 2.80. The van der Waals surface area contributed by atoms with Crippen molar-refractivity contribution < 1.29 is 14.7 Å². The molecule has 1 aliphatic rings. The number of hydrogen-bond donors (Lipinski definition) is 2. The van der Waals surface area contributed by atoms with Crippen LogP contribution in [0.15, 0.2) is 0 Å². The summed E-state index contributed by atoms with van der Waals surface area (Å²) < 4.78 is 0. The average molecular weight is 172 g/mol. The van der Waals surface area contributed by atoms with E-state index in [9.17, 15) is 9.59 Å². The predicted molar refractivity (Wildman–Crippen MR) is 41.8 cm³/mol. The highest BCUT2D eigenvalue weighted by atomic mass is 16.4. The molecule has 1 fully saturated rings. The molecule has 5 heteroatoms. The smallest absolute Gasteiger partial charge is 0.329 e. The lowest BCUT2D eigenvalue weighted by Gasteiger charge is -2.29. The van der Waals surface area contributed by atoms with Gasteiger partial charge in [0.25, 0.3) is 0 Å². The molecule has 0 unspecified atom stereocenters. The SMILES string of the molecule is CC(C)(C(=O)O)N1CCNC1=O. The maximum Gasteiger partial charge on any atom is 0.329 e. The first-order chi connectivity index (χ1) is 5.46. The lowest BCUT2D eigenvalue weighted by Crippen LogP contribution is -2.51. The van der Waals surface area contributed by atoms with Crippen LogP contribution < -0.4 is 5.32 Å². The van der Waals surface area contributed by atoms with Crippen molar-refractivity contribution in [1.29, 1.82) is 0 Å². The molecule has 5 nitrogen and oxygen atoms in total. The zero-order valence-corrected chi connectivity index (χ0v) is 7.13. The van der Waals surface area contributed by atoms with Crippen LogP contribution in [-0.2, 0) is 4.79 Å². The number of rotatable bonds is 2.